The molecule has 1 aliphatic heterocycles. The Bertz CT molecular complexity index is 710. The van der Waals surface area contributed by atoms with E-state index in [1.54, 1.807) is 49.4 Å². The number of carbonyl (C=O) groups is 2. The zero-order valence-electron chi connectivity index (χ0n) is 12.6. The monoisotopic (exact) mass is 312 g/mol. The van der Waals surface area contributed by atoms with Crippen LogP contribution in [0.1, 0.15) is 17.3 Å². The molecule has 0 saturated heterocycles. The van der Waals surface area contributed by atoms with Gasteiger partial charge in [-0.1, -0.05) is 42.5 Å². The maximum Gasteiger partial charge on any atom is 0.351 e. The highest BCUT2D eigenvalue weighted by molar-refractivity contribution is 6.00. The van der Waals surface area contributed by atoms with E-state index in [0.29, 0.717) is 17.1 Å². The molecule has 118 valence electrons. The lowest BCUT2D eigenvalue weighted by Crippen LogP contribution is -2.40. The quantitative estimate of drug-likeness (QED) is 0.641. The van der Waals surface area contributed by atoms with E-state index in [1.165, 1.54) is 0 Å². The Morgan fingerprint density at radius 2 is 1.70 bits per heavy atom. The van der Waals surface area contributed by atoms with Crippen LogP contribution in [0, 0.1) is 0 Å². The first-order valence-electron chi connectivity index (χ1n) is 7.33. The molecular formula is C18H16O5. The lowest BCUT2D eigenvalue weighted by Gasteiger charge is -2.25. The van der Waals surface area contributed by atoms with Gasteiger partial charge in [-0.3, -0.25) is 4.79 Å². The topological polar surface area (TPSA) is 61.8 Å². The van der Waals surface area contributed by atoms with E-state index in [2.05, 4.69) is 0 Å². The lowest BCUT2D eigenvalue weighted by atomic mass is 10.1. The van der Waals surface area contributed by atoms with Gasteiger partial charge in [-0.25, -0.2) is 4.79 Å². The fraction of sp³-hybridized carbons (Fsp3) is 0.222. The molecule has 0 fully saturated rings. The largest absolute Gasteiger partial charge is 0.485 e. The summed E-state index contributed by atoms with van der Waals surface area (Å²) in [5.74, 6) is 0.208. The molecule has 2 aromatic carbocycles. The van der Waals surface area contributed by atoms with Crippen molar-refractivity contribution >= 4 is 11.8 Å². The summed E-state index contributed by atoms with van der Waals surface area (Å²) in [6.07, 6.45) is -1.76. The molecule has 0 bridgehead atoms. The van der Waals surface area contributed by atoms with Crippen LogP contribution in [-0.4, -0.2) is 30.6 Å². The van der Waals surface area contributed by atoms with Gasteiger partial charge in [0.05, 0.1) is 0 Å². The standard InChI is InChI=1S/C18H16O5/c1-12(17(19)13-7-3-2-4-8-13)22-18(20)16-11-21-14-9-5-6-10-15(14)23-16/h2-10,12,16H,11H2,1H3/t12-,16-/m0/s1. The third-order valence-electron chi connectivity index (χ3n) is 3.49. The molecule has 5 nitrogen and oxygen atoms in total. The molecule has 0 spiro atoms. The fourth-order valence-corrected chi connectivity index (χ4v) is 2.28. The number of fused-ring (bicyclic) bond motifs is 1. The molecule has 1 aliphatic rings. The number of benzene rings is 2. The first kappa shape index (κ1) is 15.1. The minimum absolute atomic E-state index is 0.0576. The molecule has 3 rings (SSSR count). The van der Waals surface area contributed by atoms with Crippen LogP contribution >= 0.6 is 0 Å². The van der Waals surface area contributed by atoms with Crippen molar-refractivity contribution in [2.24, 2.45) is 0 Å². The summed E-state index contributed by atoms with van der Waals surface area (Å²) in [6.45, 7) is 1.60. The molecule has 23 heavy (non-hydrogen) atoms. The van der Waals surface area contributed by atoms with Gasteiger partial charge in [0.25, 0.3) is 0 Å². The summed E-state index contributed by atoms with van der Waals surface area (Å²) in [4.78, 5) is 24.4. The zero-order chi connectivity index (χ0) is 16.2. The van der Waals surface area contributed by atoms with Gasteiger partial charge in [-0.05, 0) is 19.1 Å². The predicted octanol–water partition coefficient (Wildman–Crippen LogP) is 2.64. The van der Waals surface area contributed by atoms with Gasteiger partial charge in [-0.2, -0.15) is 0 Å². The van der Waals surface area contributed by atoms with Crippen molar-refractivity contribution in [3.8, 4) is 11.5 Å². The van der Waals surface area contributed by atoms with Crippen molar-refractivity contribution in [2.45, 2.75) is 19.1 Å². The number of ether oxygens (including phenoxy) is 3. The Kier molecular flexibility index (Phi) is 4.28. The molecule has 0 saturated carbocycles. The molecular weight excluding hydrogens is 296 g/mol. The molecule has 2 atom stereocenters. The van der Waals surface area contributed by atoms with Gasteiger partial charge in [0.1, 0.15) is 6.61 Å². The van der Waals surface area contributed by atoms with Gasteiger partial charge in [0.2, 0.25) is 11.9 Å². The Labute approximate surface area is 133 Å². The van der Waals surface area contributed by atoms with E-state index in [1.807, 2.05) is 12.1 Å². The average Bonchev–Trinajstić information content (AvgIpc) is 2.61. The number of hydrogen-bond donors (Lipinski definition) is 0. The van der Waals surface area contributed by atoms with Crippen LogP contribution in [0.2, 0.25) is 0 Å². The van der Waals surface area contributed by atoms with Crippen molar-refractivity contribution in [1.82, 2.24) is 0 Å². The first-order chi connectivity index (χ1) is 11.1. The Morgan fingerprint density at radius 1 is 1.04 bits per heavy atom. The number of carbonyl (C=O) groups excluding carboxylic acids is 2. The van der Waals surface area contributed by atoms with E-state index < -0.39 is 18.2 Å². The van der Waals surface area contributed by atoms with Gasteiger partial charge in [0.15, 0.2) is 17.6 Å². The van der Waals surface area contributed by atoms with Crippen LogP contribution in [0.3, 0.4) is 0 Å². The molecule has 1 heterocycles. The number of Topliss-reactive ketones (excluding diaryl/α,β-unsaturated/α-hetero) is 1. The second-order valence-corrected chi connectivity index (χ2v) is 5.17. The number of para-hydroxylation sites is 2. The zero-order valence-corrected chi connectivity index (χ0v) is 12.6. The van der Waals surface area contributed by atoms with Crippen LogP contribution in [0.5, 0.6) is 11.5 Å². The summed E-state index contributed by atoms with van der Waals surface area (Å²) in [7, 11) is 0. The Hall–Kier alpha value is -2.82. The number of ketones is 1. The van der Waals surface area contributed by atoms with Gasteiger partial charge >= 0.3 is 5.97 Å². The number of hydrogen-bond acceptors (Lipinski definition) is 5. The van der Waals surface area contributed by atoms with Gasteiger partial charge in [-0.15, -0.1) is 0 Å². The SMILES string of the molecule is C[C@H](OC(=O)[C@@H]1COc2ccccc2O1)C(=O)c1ccccc1. The molecule has 0 aliphatic carbocycles. The van der Waals surface area contributed by atoms with Crippen molar-refractivity contribution in [3.05, 3.63) is 60.2 Å². The molecule has 0 N–H and O–H groups in total. The second kappa shape index (κ2) is 6.52. The highest BCUT2D eigenvalue weighted by Crippen LogP contribution is 2.31. The van der Waals surface area contributed by atoms with Gasteiger partial charge < -0.3 is 14.2 Å². The van der Waals surface area contributed by atoms with Crippen LogP contribution in [0.25, 0.3) is 0 Å². The van der Waals surface area contributed by atoms with Crippen molar-refractivity contribution in [3.63, 3.8) is 0 Å². The smallest absolute Gasteiger partial charge is 0.351 e. The number of rotatable bonds is 4. The van der Waals surface area contributed by atoms with E-state index in [-0.39, 0.29) is 12.4 Å². The normalized spacial score (nSPS) is 17.2. The average molecular weight is 312 g/mol. The molecule has 2 aromatic rings. The van der Waals surface area contributed by atoms with Crippen LogP contribution in [0.4, 0.5) is 0 Å². The van der Waals surface area contributed by atoms with Crippen molar-refractivity contribution in [2.75, 3.05) is 6.61 Å². The molecule has 5 heteroatoms. The van der Waals surface area contributed by atoms with Crippen molar-refractivity contribution < 1.29 is 23.8 Å². The maximum atomic E-state index is 12.2. The first-order valence-corrected chi connectivity index (χ1v) is 7.33. The third kappa shape index (κ3) is 3.34. The second-order valence-electron chi connectivity index (χ2n) is 5.17. The maximum absolute atomic E-state index is 12.2. The molecule has 0 amide bonds. The van der Waals surface area contributed by atoms with Gasteiger partial charge in [0, 0.05) is 5.56 Å². The molecule has 0 unspecified atom stereocenters. The lowest BCUT2D eigenvalue weighted by molar-refractivity contribution is -0.157. The van der Waals surface area contributed by atoms with Crippen molar-refractivity contribution in [1.29, 1.82) is 0 Å². The Balaban J connectivity index is 1.62. The van der Waals surface area contributed by atoms with Crippen LogP contribution in [-0.2, 0) is 9.53 Å². The minimum atomic E-state index is -0.884. The summed E-state index contributed by atoms with van der Waals surface area (Å²) in [5.41, 5.74) is 0.499. The summed E-state index contributed by atoms with van der Waals surface area (Å²) in [5, 5.41) is 0. The third-order valence-corrected chi connectivity index (χ3v) is 3.49. The van der Waals surface area contributed by atoms with E-state index in [0.717, 1.165) is 0 Å². The number of esters is 1. The summed E-state index contributed by atoms with van der Waals surface area (Å²) in [6, 6.07) is 15.8. The molecule has 0 aromatic heterocycles. The van der Waals surface area contributed by atoms with Crippen LogP contribution in [0.15, 0.2) is 54.6 Å². The van der Waals surface area contributed by atoms with Crippen LogP contribution < -0.4 is 9.47 Å². The predicted molar refractivity (Wildman–Crippen MR) is 82.7 cm³/mol. The Morgan fingerprint density at radius 3 is 2.43 bits per heavy atom. The van der Waals surface area contributed by atoms with E-state index in [9.17, 15) is 9.59 Å². The highest BCUT2D eigenvalue weighted by atomic mass is 16.6. The minimum Gasteiger partial charge on any atom is -0.485 e. The van der Waals surface area contributed by atoms with E-state index in [4.69, 9.17) is 14.2 Å². The fourth-order valence-electron chi connectivity index (χ4n) is 2.28. The molecule has 0 radical (unpaired) electrons. The van der Waals surface area contributed by atoms with E-state index >= 15 is 0 Å². The summed E-state index contributed by atoms with van der Waals surface area (Å²) < 4.78 is 16.3. The summed E-state index contributed by atoms with van der Waals surface area (Å²) >= 11 is 0. The highest BCUT2D eigenvalue weighted by Gasteiger charge is 2.31.